The molecule has 8 aromatic rings. The average Bonchev–Trinajstić information content (AvgIpc) is 4.08. The number of pyridine rings is 2. The number of carbonyl (C=O) groups is 2. The summed E-state index contributed by atoms with van der Waals surface area (Å²) in [5, 5.41) is 31.9. The van der Waals surface area contributed by atoms with Gasteiger partial charge in [-0.25, -0.2) is 19.6 Å². The van der Waals surface area contributed by atoms with Gasteiger partial charge in [-0.2, -0.15) is 20.4 Å². The maximum absolute atomic E-state index is 11.8. The van der Waals surface area contributed by atoms with E-state index < -0.39 is 23.4 Å². The van der Waals surface area contributed by atoms with Gasteiger partial charge in [0.2, 0.25) is 0 Å². The topological polar surface area (TPSA) is 266 Å². The van der Waals surface area contributed by atoms with Crippen LogP contribution in [0.3, 0.4) is 0 Å². The molecule has 358 valence electrons. The number of nitrogens with one attached hydrogen (secondary N) is 4. The Kier molecular flexibility index (Phi) is 14.1. The van der Waals surface area contributed by atoms with Crippen LogP contribution in [0.4, 0.5) is 21.2 Å². The molecule has 20 nitrogen and oxygen atoms in total. The maximum atomic E-state index is 11.8. The van der Waals surface area contributed by atoms with Crippen molar-refractivity contribution in [3.63, 3.8) is 0 Å². The molecule has 1 aliphatic heterocycles. The van der Waals surface area contributed by atoms with Gasteiger partial charge in [0.25, 0.3) is 0 Å². The molecule has 8 N–H and O–H groups in total. The van der Waals surface area contributed by atoms with Gasteiger partial charge < -0.3 is 40.9 Å². The summed E-state index contributed by atoms with van der Waals surface area (Å²) in [6.07, 6.45) is 6.34. The lowest BCUT2D eigenvalue weighted by Crippen LogP contribution is -2.41. The zero-order chi connectivity index (χ0) is 49.2. The summed E-state index contributed by atoms with van der Waals surface area (Å²) >= 11 is 3.44. The molecular weight excluding hydrogens is 935 g/mol. The fraction of sp³-hybridized carbons (Fsp3) is 0.391. The van der Waals surface area contributed by atoms with Crippen molar-refractivity contribution < 1.29 is 28.4 Å². The standard InChI is InChI=1S/C20H23N7O2.C17H20BrN5O2.C9H15BN2O2/c1-20(2,3)29-19(28)22-8-9-27-11-14-13-5-4-12(15-6-7-23-25-15)10-16(13)24-18(21)17(14)26-27;1-17(2,3)25-16(24)20-6-7-23-9-12-11-5-4-10(18)8-13(11)21-15(19)14(12)22-23;1-8(2)9(3,4)14-10(13-8)7-5-6-11-12-7/h4-7,10-11H,8-9H2,1-3H3,(H2,21,24)(H,22,28)(H,23,25);4-5,8-9H,6-7H2,1-3H3,(H2,19,21)(H,20,24);5-6H,1-4H3,(H,11,12). The number of H-pyrrole nitrogens is 2. The number of nitrogens with zero attached hydrogens (tertiary/aromatic N) is 8. The minimum absolute atomic E-state index is 0.289. The number of ether oxygens (including phenoxy) is 2. The van der Waals surface area contributed by atoms with E-state index in [1.165, 1.54) is 0 Å². The lowest BCUT2D eigenvalue weighted by molar-refractivity contribution is 0.00578. The van der Waals surface area contributed by atoms with Crippen LogP contribution in [0.25, 0.3) is 54.9 Å². The molecule has 0 atom stereocenters. The number of fused-ring (bicyclic) bond motifs is 6. The first-order chi connectivity index (χ1) is 31.9. The second kappa shape index (κ2) is 19.4. The highest BCUT2D eigenvalue weighted by Gasteiger charge is 2.52. The van der Waals surface area contributed by atoms with Crippen molar-refractivity contribution in [3.8, 4) is 11.3 Å². The van der Waals surface area contributed by atoms with Crippen molar-refractivity contribution >= 4 is 96.1 Å². The van der Waals surface area contributed by atoms with E-state index in [-0.39, 0.29) is 18.3 Å². The molecular formula is C46H58BBrN14O6. The predicted molar refractivity (Wildman–Crippen MR) is 267 cm³/mol. The molecule has 9 rings (SSSR count). The second-order valence-electron chi connectivity index (χ2n) is 19.1. The fourth-order valence-corrected chi connectivity index (χ4v) is 7.36. The number of aromatic nitrogens is 10. The predicted octanol–water partition coefficient (Wildman–Crippen LogP) is 7.24. The summed E-state index contributed by atoms with van der Waals surface area (Å²) in [6, 6.07) is 15.6. The summed E-state index contributed by atoms with van der Waals surface area (Å²) in [4.78, 5) is 32.4. The lowest BCUT2D eigenvalue weighted by atomic mass is 9.85. The van der Waals surface area contributed by atoms with Crippen LogP contribution in [0, 0.1) is 0 Å². The van der Waals surface area contributed by atoms with Crippen molar-refractivity contribution in [2.45, 2.75) is 105 Å². The molecule has 0 bridgehead atoms. The van der Waals surface area contributed by atoms with Crippen LogP contribution in [0.15, 0.2) is 77.8 Å². The van der Waals surface area contributed by atoms with Crippen LogP contribution >= 0.6 is 15.9 Å². The van der Waals surface area contributed by atoms with Crippen LogP contribution in [0.1, 0.15) is 69.2 Å². The number of carbonyl (C=O) groups excluding carboxylic acids is 2. The Morgan fingerprint density at radius 2 is 1.19 bits per heavy atom. The molecule has 0 aliphatic carbocycles. The van der Waals surface area contributed by atoms with Gasteiger partial charge in [0, 0.05) is 69.5 Å². The summed E-state index contributed by atoms with van der Waals surface area (Å²) < 4.78 is 26.5. The van der Waals surface area contributed by atoms with E-state index in [1.807, 2.05) is 130 Å². The number of aromatic amines is 2. The van der Waals surface area contributed by atoms with Crippen LogP contribution in [-0.4, -0.2) is 105 Å². The Labute approximate surface area is 401 Å². The van der Waals surface area contributed by atoms with Gasteiger partial charge in [0.05, 0.1) is 46.6 Å². The molecule has 0 unspecified atom stereocenters. The third-order valence-electron chi connectivity index (χ3n) is 10.9. The number of hydrogen-bond acceptors (Lipinski definition) is 14. The molecule has 0 saturated carbocycles. The van der Waals surface area contributed by atoms with Crippen molar-refractivity contribution in [1.82, 2.24) is 60.6 Å². The Morgan fingerprint density at radius 1 is 0.706 bits per heavy atom. The van der Waals surface area contributed by atoms with Crippen LogP contribution in [0.5, 0.6) is 0 Å². The van der Waals surface area contributed by atoms with Gasteiger partial charge in [0.1, 0.15) is 22.2 Å². The second-order valence-corrected chi connectivity index (χ2v) is 20.0. The number of halogens is 1. The molecule has 6 aromatic heterocycles. The normalized spacial score (nSPS) is 14.4. The number of alkyl carbamates (subject to hydrolysis) is 2. The van der Waals surface area contributed by atoms with Gasteiger partial charge in [0.15, 0.2) is 11.6 Å². The number of hydrogen-bond donors (Lipinski definition) is 6. The number of benzene rings is 2. The van der Waals surface area contributed by atoms with Gasteiger partial charge >= 0.3 is 19.3 Å². The Morgan fingerprint density at radius 3 is 1.66 bits per heavy atom. The Bertz CT molecular complexity index is 3030. The van der Waals surface area contributed by atoms with E-state index in [4.69, 9.17) is 30.2 Å². The van der Waals surface area contributed by atoms with Gasteiger partial charge in [-0.05, 0) is 99.6 Å². The molecule has 0 radical (unpaired) electrons. The minimum atomic E-state index is -0.529. The van der Waals surface area contributed by atoms with Gasteiger partial charge in [-0.3, -0.25) is 19.6 Å². The van der Waals surface area contributed by atoms with E-state index >= 15 is 0 Å². The molecule has 2 aromatic carbocycles. The molecule has 22 heteroatoms. The number of anilines is 2. The summed E-state index contributed by atoms with van der Waals surface area (Å²) in [7, 11) is -0.331. The Balaban J connectivity index is 0.000000160. The largest absolute Gasteiger partial charge is 0.513 e. The smallest absolute Gasteiger partial charge is 0.444 e. The van der Waals surface area contributed by atoms with Crippen molar-refractivity contribution in [3.05, 3.63) is 77.8 Å². The SMILES string of the molecule is CC(C)(C)OC(=O)NCCn1cc2c(n1)c(N)nc1cc(-c3ccn[nH]3)ccc12.CC(C)(C)OC(=O)NCCn1cc2c(n1)c(N)nc1cc(Br)ccc12.CC1(C)OB(c2ccn[nH]2)OC1(C)C. The van der Waals surface area contributed by atoms with Crippen LogP contribution < -0.4 is 27.7 Å². The summed E-state index contributed by atoms with van der Waals surface area (Å²) in [5.41, 5.74) is 16.2. The van der Waals surface area contributed by atoms with Crippen LogP contribution in [-0.2, 0) is 31.9 Å². The molecule has 1 fully saturated rings. The molecule has 68 heavy (non-hydrogen) atoms. The molecule has 0 spiro atoms. The highest BCUT2D eigenvalue weighted by Crippen LogP contribution is 2.36. The highest BCUT2D eigenvalue weighted by atomic mass is 79.9. The quantitative estimate of drug-likeness (QED) is 0.0820. The zero-order valence-corrected chi connectivity index (χ0v) is 41.5. The Hall–Kier alpha value is -6.78. The maximum Gasteiger partial charge on any atom is 0.513 e. The highest BCUT2D eigenvalue weighted by molar-refractivity contribution is 9.10. The third kappa shape index (κ3) is 11.8. The zero-order valence-electron chi connectivity index (χ0n) is 39.9. The van der Waals surface area contributed by atoms with E-state index in [0.717, 1.165) is 53.9 Å². The van der Waals surface area contributed by atoms with E-state index in [1.54, 1.807) is 21.8 Å². The van der Waals surface area contributed by atoms with Crippen molar-refractivity contribution in [1.29, 1.82) is 0 Å². The van der Waals surface area contributed by atoms with E-state index in [2.05, 4.69) is 67.1 Å². The minimum Gasteiger partial charge on any atom is -0.444 e. The molecule has 2 amide bonds. The van der Waals surface area contributed by atoms with Crippen molar-refractivity contribution in [2.75, 3.05) is 24.6 Å². The van der Waals surface area contributed by atoms with E-state index in [0.29, 0.717) is 48.8 Å². The molecule has 1 saturated heterocycles. The fourth-order valence-electron chi connectivity index (χ4n) is 7.01. The summed E-state index contributed by atoms with van der Waals surface area (Å²) in [6.45, 7) is 20.9. The van der Waals surface area contributed by atoms with Gasteiger partial charge in [-0.1, -0.05) is 34.1 Å². The lowest BCUT2D eigenvalue weighted by Gasteiger charge is -2.32. The number of nitrogens with two attached hydrogens (primary N) is 2. The monoisotopic (exact) mass is 992 g/mol. The van der Waals surface area contributed by atoms with Crippen molar-refractivity contribution in [2.24, 2.45) is 0 Å². The van der Waals surface area contributed by atoms with E-state index in [9.17, 15) is 9.59 Å². The first kappa shape index (κ1) is 49.1. The first-order valence-electron chi connectivity index (χ1n) is 22.0. The van der Waals surface area contributed by atoms with Crippen LogP contribution in [0.2, 0.25) is 0 Å². The first-order valence-corrected chi connectivity index (χ1v) is 22.8. The third-order valence-corrected chi connectivity index (χ3v) is 11.4. The number of nitrogen functional groups attached to an aromatic ring is 2. The number of amides is 2. The summed E-state index contributed by atoms with van der Waals surface area (Å²) in [5.74, 6) is 0.757. The molecule has 7 heterocycles. The number of rotatable bonds is 8. The molecule has 1 aliphatic rings. The van der Waals surface area contributed by atoms with Gasteiger partial charge in [-0.15, -0.1) is 0 Å². The average molecular weight is 994 g/mol.